The first-order valence-corrected chi connectivity index (χ1v) is 10.4. The SMILES string of the molecule is CCCCCCCC(Oc1ccc(C2=CCCCC2)cc1)C(=O)OCC. The van der Waals surface area contributed by atoms with Crippen LogP contribution in [-0.2, 0) is 9.53 Å². The van der Waals surface area contributed by atoms with Crippen LogP contribution in [0.15, 0.2) is 30.3 Å². The van der Waals surface area contributed by atoms with Crippen molar-refractivity contribution in [3.63, 3.8) is 0 Å². The van der Waals surface area contributed by atoms with E-state index in [-0.39, 0.29) is 5.97 Å². The summed E-state index contributed by atoms with van der Waals surface area (Å²) in [5, 5.41) is 0. The van der Waals surface area contributed by atoms with Gasteiger partial charge in [-0.05, 0) is 68.7 Å². The van der Waals surface area contributed by atoms with Crippen molar-refractivity contribution in [3.05, 3.63) is 35.9 Å². The van der Waals surface area contributed by atoms with Gasteiger partial charge >= 0.3 is 5.97 Å². The van der Waals surface area contributed by atoms with Crippen molar-refractivity contribution in [1.29, 1.82) is 0 Å². The lowest BCUT2D eigenvalue weighted by Crippen LogP contribution is -2.29. The van der Waals surface area contributed by atoms with Crippen LogP contribution in [0.2, 0.25) is 0 Å². The van der Waals surface area contributed by atoms with E-state index in [1.54, 1.807) is 0 Å². The number of unbranched alkanes of at least 4 members (excludes halogenated alkanes) is 4. The van der Waals surface area contributed by atoms with Gasteiger partial charge in [0.2, 0.25) is 0 Å². The van der Waals surface area contributed by atoms with Crippen LogP contribution in [0.1, 0.15) is 83.6 Å². The number of ether oxygens (including phenoxy) is 2. The third kappa shape index (κ3) is 6.86. The number of hydrogen-bond acceptors (Lipinski definition) is 3. The minimum Gasteiger partial charge on any atom is -0.479 e. The van der Waals surface area contributed by atoms with Crippen LogP contribution in [-0.4, -0.2) is 18.7 Å². The van der Waals surface area contributed by atoms with Gasteiger partial charge in [0.1, 0.15) is 5.75 Å². The fraction of sp³-hybridized carbons (Fsp3) is 0.609. The average molecular weight is 359 g/mol. The topological polar surface area (TPSA) is 35.5 Å². The number of hydrogen-bond donors (Lipinski definition) is 0. The first-order chi connectivity index (χ1) is 12.7. The molecule has 144 valence electrons. The molecule has 1 aromatic rings. The molecule has 0 fully saturated rings. The van der Waals surface area contributed by atoms with E-state index in [1.807, 2.05) is 19.1 Å². The van der Waals surface area contributed by atoms with E-state index in [1.165, 1.54) is 49.7 Å². The number of carbonyl (C=O) groups is 1. The van der Waals surface area contributed by atoms with Gasteiger partial charge in [-0.2, -0.15) is 0 Å². The zero-order valence-corrected chi connectivity index (χ0v) is 16.5. The van der Waals surface area contributed by atoms with Crippen LogP contribution in [0.25, 0.3) is 5.57 Å². The van der Waals surface area contributed by atoms with Gasteiger partial charge in [0.15, 0.2) is 6.10 Å². The molecular weight excluding hydrogens is 324 g/mol. The Morgan fingerprint density at radius 2 is 1.81 bits per heavy atom. The van der Waals surface area contributed by atoms with Gasteiger partial charge in [-0.3, -0.25) is 0 Å². The summed E-state index contributed by atoms with van der Waals surface area (Å²) in [4.78, 5) is 12.2. The summed E-state index contributed by atoms with van der Waals surface area (Å²) in [5.74, 6) is 0.499. The zero-order chi connectivity index (χ0) is 18.6. The summed E-state index contributed by atoms with van der Waals surface area (Å²) < 4.78 is 11.2. The predicted octanol–water partition coefficient (Wildman–Crippen LogP) is 6.32. The molecule has 1 aromatic carbocycles. The van der Waals surface area contributed by atoms with Crippen molar-refractivity contribution in [2.75, 3.05) is 6.61 Å². The number of benzene rings is 1. The van der Waals surface area contributed by atoms with Crippen molar-refractivity contribution in [1.82, 2.24) is 0 Å². The molecule has 2 rings (SSSR count). The molecule has 0 saturated carbocycles. The molecule has 1 aliphatic carbocycles. The first-order valence-electron chi connectivity index (χ1n) is 10.4. The molecule has 1 unspecified atom stereocenters. The summed E-state index contributed by atoms with van der Waals surface area (Å²) in [5.41, 5.74) is 2.70. The van der Waals surface area contributed by atoms with Crippen LogP contribution in [0.5, 0.6) is 5.75 Å². The van der Waals surface area contributed by atoms with E-state index in [0.29, 0.717) is 6.61 Å². The van der Waals surface area contributed by atoms with Crippen LogP contribution in [0.4, 0.5) is 0 Å². The smallest absolute Gasteiger partial charge is 0.347 e. The molecule has 0 saturated heterocycles. The summed E-state index contributed by atoms with van der Waals surface area (Å²) in [6.45, 7) is 4.43. The average Bonchev–Trinajstić information content (AvgIpc) is 2.68. The minimum absolute atomic E-state index is 0.248. The Morgan fingerprint density at radius 1 is 1.04 bits per heavy atom. The van der Waals surface area contributed by atoms with Crippen molar-refractivity contribution in [3.8, 4) is 5.75 Å². The second-order valence-electron chi connectivity index (χ2n) is 7.06. The predicted molar refractivity (Wildman–Crippen MR) is 107 cm³/mol. The van der Waals surface area contributed by atoms with E-state index in [0.717, 1.165) is 31.4 Å². The van der Waals surface area contributed by atoms with Gasteiger partial charge in [0, 0.05) is 0 Å². The van der Waals surface area contributed by atoms with Crippen molar-refractivity contribution in [2.45, 2.75) is 84.2 Å². The van der Waals surface area contributed by atoms with Gasteiger partial charge in [-0.25, -0.2) is 4.79 Å². The zero-order valence-electron chi connectivity index (χ0n) is 16.5. The second kappa shape index (κ2) is 11.8. The standard InChI is InChI=1S/C23H34O3/c1-3-5-6-7-11-14-22(23(24)25-4-2)26-21-17-15-20(16-18-21)19-12-9-8-10-13-19/h12,15-18,22H,3-11,13-14H2,1-2H3. The molecule has 0 amide bonds. The van der Waals surface area contributed by atoms with Gasteiger partial charge in [-0.15, -0.1) is 0 Å². The molecule has 0 aliphatic heterocycles. The molecule has 26 heavy (non-hydrogen) atoms. The highest BCUT2D eigenvalue weighted by Crippen LogP contribution is 2.28. The highest BCUT2D eigenvalue weighted by Gasteiger charge is 2.21. The Kier molecular flexibility index (Phi) is 9.30. The molecule has 0 aromatic heterocycles. The van der Waals surface area contributed by atoms with Crippen LogP contribution in [0.3, 0.4) is 0 Å². The Hall–Kier alpha value is -1.77. The maximum absolute atomic E-state index is 12.2. The third-order valence-electron chi connectivity index (χ3n) is 4.91. The molecule has 0 heterocycles. The van der Waals surface area contributed by atoms with Gasteiger partial charge in [0.25, 0.3) is 0 Å². The van der Waals surface area contributed by atoms with E-state index < -0.39 is 6.10 Å². The quantitative estimate of drug-likeness (QED) is 0.343. The van der Waals surface area contributed by atoms with E-state index in [9.17, 15) is 4.79 Å². The van der Waals surface area contributed by atoms with Crippen molar-refractivity contribution in [2.24, 2.45) is 0 Å². The lowest BCUT2D eigenvalue weighted by Gasteiger charge is -2.18. The molecule has 1 aliphatic rings. The Morgan fingerprint density at radius 3 is 2.46 bits per heavy atom. The van der Waals surface area contributed by atoms with Crippen molar-refractivity contribution < 1.29 is 14.3 Å². The monoisotopic (exact) mass is 358 g/mol. The number of carbonyl (C=O) groups excluding carboxylic acids is 1. The maximum Gasteiger partial charge on any atom is 0.347 e. The van der Waals surface area contributed by atoms with Gasteiger partial charge in [-0.1, -0.05) is 50.8 Å². The summed E-state index contributed by atoms with van der Waals surface area (Å²) in [6.07, 6.45) is 13.3. The van der Waals surface area contributed by atoms with Crippen LogP contribution < -0.4 is 4.74 Å². The Bertz CT molecular complexity index is 559. The minimum atomic E-state index is -0.503. The van der Waals surface area contributed by atoms with E-state index in [2.05, 4.69) is 25.1 Å². The molecule has 0 spiro atoms. The number of esters is 1. The normalized spacial score (nSPS) is 15.2. The van der Waals surface area contributed by atoms with Crippen LogP contribution in [0, 0.1) is 0 Å². The first kappa shape index (κ1) is 20.5. The Labute approximate surface area is 158 Å². The molecule has 0 radical (unpaired) electrons. The summed E-state index contributed by atoms with van der Waals surface area (Å²) in [6, 6.07) is 8.17. The molecule has 3 heteroatoms. The van der Waals surface area contributed by atoms with E-state index >= 15 is 0 Å². The van der Waals surface area contributed by atoms with Gasteiger partial charge in [0.05, 0.1) is 6.61 Å². The highest BCUT2D eigenvalue weighted by atomic mass is 16.6. The fourth-order valence-corrected chi connectivity index (χ4v) is 3.41. The molecule has 1 atom stereocenters. The molecule has 0 N–H and O–H groups in total. The maximum atomic E-state index is 12.2. The second-order valence-corrected chi connectivity index (χ2v) is 7.06. The highest BCUT2D eigenvalue weighted by molar-refractivity contribution is 5.75. The van der Waals surface area contributed by atoms with Gasteiger partial charge < -0.3 is 9.47 Å². The molecule has 3 nitrogen and oxygen atoms in total. The lowest BCUT2D eigenvalue weighted by molar-refractivity contribution is -0.151. The largest absolute Gasteiger partial charge is 0.479 e. The molecular formula is C23H34O3. The summed E-state index contributed by atoms with van der Waals surface area (Å²) in [7, 11) is 0. The van der Waals surface area contributed by atoms with Crippen LogP contribution >= 0.6 is 0 Å². The Balaban J connectivity index is 1.92. The van der Waals surface area contributed by atoms with E-state index in [4.69, 9.17) is 9.47 Å². The lowest BCUT2D eigenvalue weighted by atomic mass is 9.94. The molecule has 0 bridgehead atoms. The van der Waals surface area contributed by atoms with Crippen molar-refractivity contribution >= 4 is 11.5 Å². The fourth-order valence-electron chi connectivity index (χ4n) is 3.41. The number of rotatable bonds is 11. The summed E-state index contributed by atoms with van der Waals surface area (Å²) >= 11 is 0. The number of allylic oxidation sites excluding steroid dienone is 2. The third-order valence-corrected chi connectivity index (χ3v) is 4.91.